The first kappa shape index (κ1) is 12.0. The van der Waals surface area contributed by atoms with E-state index in [2.05, 4.69) is 4.90 Å². The summed E-state index contributed by atoms with van der Waals surface area (Å²) in [7, 11) is 0. The van der Waals surface area contributed by atoms with Crippen LogP contribution in [-0.4, -0.2) is 13.1 Å². The fourth-order valence-corrected chi connectivity index (χ4v) is 1.95. The van der Waals surface area contributed by atoms with E-state index in [-0.39, 0.29) is 12.4 Å². The average Bonchev–Trinajstić information content (AvgIpc) is 2.62. The second kappa shape index (κ2) is 5.11. The van der Waals surface area contributed by atoms with E-state index in [0.717, 1.165) is 13.1 Å². The predicted molar refractivity (Wildman–Crippen MR) is 65.2 cm³/mol. The molecule has 1 fully saturated rings. The van der Waals surface area contributed by atoms with Gasteiger partial charge in [-0.3, -0.25) is 0 Å². The molecule has 0 atom stereocenters. The van der Waals surface area contributed by atoms with Crippen molar-refractivity contribution >= 4 is 41.3 Å². The average molecular weight is 253 g/mol. The molecule has 1 aromatic rings. The molecule has 0 aromatic heterocycles. The Balaban J connectivity index is 0.000000980. The monoisotopic (exact) mass is 251 g/mol. The van der Waals surface area contributed by atoms with Crippen LogP contribution in [0, 0.1) is 0 Å². The molecule has 0 bridgehead atoms. The third-order valence-corrected chi connectivity index (χ3v) is 3.11. The first-order valence-electron chi connectivity index (χ1n) is 4.47. The summed E-state index contributed by atoms with van der Waals surface area (Å²) >= 11 is 11.8. The highest BCUT2D eigenvalue weighted by molar-refractivity contribution is 6.42. The van der Waals surface area contributed by atoms with Crippen LogP contribution in [0.25, 0.3) is 0 Å². The highest BCUT2D eigenvalue weighted by atomic mass is 35.5. The molecular formula is C10H12Cl3N. The van der Waals surface area contributed by atoms with Crippen LogP contribution in [0.15, 0.2) is 18.2 Å². The molecule has 0 spiro atoms. The summed E-state index contributed by atoms with van der Waals surface area (Å²) in [6.07, 6.45) is 2.56. The van der Waals surface area contributed by atoms with E-state index in [4.69, 9.17) is 23.2 Å². The van der Waals surface area contributed by atoms with Crippen molar-refractivity contribution in [3.8, 4) is 0 Å². The maximum absolute atomic E-state index is 5.93. The Morgan fingerprint density at radius 2 is 1.64 bits per heavy atom. The van der Waals surface area contributed by atoms with Gasteiger partial charge in [0.2, 0.25) is 0 Å². The molecule has 1 aliphatic rings. The number of hydrogen-bond donors (Lipinski definition) is 0. The molecule has 1 heterocycles. The number of anilines is 1. The highest BCUT2D eigenvalue weighted by Crippen LogP contribution is 2.28. The maximum Gasteiger partial charge on any atom is 0.0612 e. The van der Waals surface area contributed by atoms with E-state index in [1.54, 1.807) is 0 Å². The molecule has 1 aromatic carbocycles. The molecule has 1 nitrogen and oxygen atoms in total. The third-order valence-electron chi connectivity index (χ3n) is 2.37. The summed E-state index contributed by atoms with van der Waals surface area (Å²) in [5.41, 5.74) is 1.19. The van der Waals surface area contributed by atoms with Crippen molar-refractivity contribution in [3.63, 3.8) is 0 Å². The molecule has 1 aliphatic heterocycles. The number of halogens is 3. The zero-order valence-corrected chi connectivity index (χ0v) is 10.0. The fourth-order valence-electron chi connectivity index (χ4n) is 1.66. The second-order valence-corrected chi connectivity index (χ2v) is 4.11. The van der Waals surface area contributed by atoms with Gasteiger partial charge < -0.3 is 4.90 Å². The normalized spacial score (nSPS) is 15.4. The zero-order valence-electron chi connectivity index (χ0n) is 7.67. The van der Waals surface area contributed by atoms with Crippen LogP contribution >= 0.6 is 35.6 Å². The van der Waals surface area contributed by atoms with Crippen LogP contribution in [0.4, 0.5) is 5.69 Å². The molecule has 1 saturated heterocycles. The predicted octanol–water partition coefficient (Wildman–Crippen LogP) is 4.02. The summed E-state index contributed by atoms with van der Waals surface area (Å²) < 4.78 is 0. The Labute approximate surface area is 100 Å². The molecule has 4 heteroatoms. The lowest BCUT2D eigenvalue weighted by Crippen LogP contribution is -2.17. The highest BCUT2D eigenvalue weighted by Gasteiger charge is 2.12. The van der Waals surface area contributed by atoms with Crippen molar-refractivity contribution < 1.29 is 0 Å². The molecule has 0 aliphatic carbocycles. The van der Waals surface area contributed by atoms with Crippen molar-refractivity contribution in [3.05, 3.63) is 28.2 Å². The maximum atomic E-state index is 5.93. The van der Waals surface area contributed by atoms with E-state index in [9.17, 15) is 0 Å². The third kappa shape index (κ3) is 2.47. The van der Waals surface area contributed by atoms with Gasteiger partial charge in [-0.1, -0.05) is 23.2 Å². The lowest BCUT2D eigenvalue weighted by atomic mass is 10.3. The van der Waals surface area contributed by atoms with Gasteiger partial charge in [-0.15, -0.1) is 12.4 Å². The van der Waals surface area contributed by atoms with Gasteiger partial charge in [0, 0.05) is 18.8 Å². The van der Waals surface area contributed by atoms with Crippen molar-refractivity contribution in [1.29, 1.82) is 0 Å². The number of benzene rings is 1. The van der Waals surface area contributed by atoms with E-state index in [0.29, 0.717) is 10.0 Å². The molecule has 0 radical (unpaired) electrons. The van der Waals surface area contributed by atoms with Crippen LogP contribution in [0.5, 0.6) is 0 Å². The van der Waals surface area contributed by atoms with Gasteiger partial charge in [0.25, 0.3) is 0 Å². The summed E-state index contributed by atoms with van der Waals surface area (Å²) in [5, 5.41) is 1.27. The van der Waals surface area contributed by atoms with Crippen molar-refractivity contribution in [2.45, 2.75) is 12.8 Å². The van der Waals surface area contributed by atoms with Gasteiger partial charge in [0.15, 0.2) is 0 Å². The minimum atomic E-state index is 0. The lowest BCUT2D eigenvalue weighted by Gasteiger charge is -2.17. The first-order chi connectivity index (χ1) is 6.27. The Morgan fingerprint density at radius 3 is 2.21 bits per heavy atom. The SMILES string of the molecule is Cl.Clc1ccc(N2CCCC2)cc1Cl. The molecule has 2 rings (SSSR count). The molecule has 0 N–H and O–H groups in total. The van der Waals surface area contributed by atoms with Crippen LogP contribution in [-0.2, 0) is 0 Å². The summed E-state index contributed by atoms with van der Waals surface area (Å²) in [5.74, 6) is 0. The topological polar surface area (TPSA) is 3.24 Å². The molecule has 0 amide bonds. The molecule has 0 unspecified atom stereocenters. The summed E-state index contributed by atoms with van der Waals surface area (Å²) in [6, 6.07) is 5.83. The Morgan fingerprint density at radius 1 is 1.00 bits per heavy atom. The first-order valence-corrected chi connectivity index (χ1v) is 5.23. The van der Waals surface area contributed by atoms with E-state index in [1.165, 1.54) is 18.5 Å². The minimum absolute atomic E-state index is 0. The number of rotatable bonds is 1. The van der Waals surface area contributed by atoms with Gasteiger partial charge in [0.05, 0.1) is 10.0 Å². The number of nitrogens with zero attached hydrogens (tertiary/aromatic N) is 1. The summed E-state index contributed by atoms with van der Waals surface area (Å²) in [6.45, 7) is 2.27. The molecule has 78 valence electrons. The smallest absolute Gasteiger partial charge is 0.0612 e. The van der Waals surface area contributed by atoms with Gasteiger partial charge in [0.1, 0.15) is 0 Å². The standard InChI is InChI=1S/C10H11Cl2N.ClH/c11-9-4-3-8(7-10(9)12)13-5-1-2-6-13;/h3-4,7H,1-2,5-6H2;1H. The second-order valence-electron chi connectivity index (χ2n) is 3.29. The lowest BCUT2D eigenvalue weighted by molar-refractivity contribution is 0.949. The van der Waals surface area contributed by atoms with Crippen molar-refractivity contribution in [2.24, 2.45) is 0 Å². The van der Waals surface area contributed by atoms with Crippen LogP contribution in [0.2, 0.25) is 10.0 Å². The van der Waals surface area contributed by atoms with E-state index in [1.807, 2.05) is 18.2 Å². The van der Waals surface area contributed by atoms with Gasteiger partial charge in [-0.2, -0.15) is 0 Å². The quantitative estimate of drug-likeness (QED) is 0.730. The van der Waals surface area contributed by atoms with Gasteiger partial charge >= 0.3 is 0 Å². The molecular weight excluding hydrogens is 240 g/mol. The Bertz CT molecular complexity index is 308. The Hall–Kier alpha value is -0.110. The summed E-state index contributed by atoms with van der Waals surface area (Å²) in [4.78, 5) is 2.34. The number of hydrogen-bond acceptors (Lipinski definition) is 1. The van der Waals surface area contributed by atoms with Crippen LogP contribution in [0.1, 0.15) is 12.8 Å². The van der Waals surface area contributed by atoms with E-state index >= 15 is 0 Å². The van der Waals surface area contributed by atoms with Crippen LogP contribution in [0.3, 0.4) is 0 Å². The largest absolute Gasteiger partial charge is 0.371 e. The van der Waals surface area contributed by atoms with Gasteiger partial charge in [-0.25, -0.2) is 0 Å². The molecule has 14 heavy (non-hydrogen) atoms. The van der Waals surface area contributed by atoms with Crippen LogP contribution < -0.4 is 4.90 Å². The minimum Gasteiger partial charge on any atom is -0.371 e. The van der Waals surface area contributed by atoms with Crippen molar-refractivity contribution in [2.75, 3.05) is 18.0 Å². The fraction of sp³-hybridized carbons (Fsp3) is 0.400. The zero-order chi connectivity index (χ0) is 9.26. The van der Waals surface area contributed by atoms with Gasteiger partial charge in [-0.05, 0) is 31.0 Å². The Kier molecular flexibility index (Phi) is 4.36. The molecule has 0 saturated carbocycles. The van der Waals surface area contributed by atoms with Crippen molar-refractivity contribution in [1.82, 2.24) is 0 Å². The van der Waals surface area contributed by atoms with E-state index < -0.39 is 0 Å².